The van der Waals surface area contributed by atoms with E-state index >= 15 is 0 Å². The molecule has 4 nitrogen and oxygen atoms in total. The van der Waals surface area contributed by atoms with E-state index in [0.29, 0.717) is 28.5 Å². The maximum Gasteiger partial charge on any atom is 0.159 e. The summed E-state index contributed by atoms with van der Waals surface area (Å²) in [6.45, 7) is 1.54. The highest BCUT2D eigenvalue weighted by molar-refractivity contribution is 6.31. The van der Waals surface area contributed by atoms with Gasteiger partial charge in [-0.05, 0) is 62.4 Å². The Morgan fingerprint density at radius 3 is 2.70 bits per heavy atom. The second-order valence-electron chi connectivity index (χ2n) is 7.87. The van der Waals surface area contributed by atoms with Gasteiger partial charge in [-0.1, -0.05) is 23.7 Å². The second kappa shape index (κ2) is 7.33. The van der Waals surface area contributed by atoms with Crippen LogP contribution in [0.3, 0.4) is 0 Å². The van der Waals surface area contributed by atoms with Gasteiger partial charge in [0, 0.05) is 39.3 Å². The van der Waals surface area contributed by atoms with Crippen LogP contribution in [0.1, 0.15) is 35.8 Å². The molecule has 30 heavy (non-hydrogen) atoms. The van der Waals surface area contributed by atoms with Gasteiger partial charge in [0.1, 0.15) is 11.6 Å². The summed E-state index contributed by atoms with van der Waals surface area (Å²) in [5.41, 5.74) is 2.97. The normalized spacial score (nSPS) is 13.7. The molecule has 1 saturated carbocycles. The maximum atomic E-state index is 13.6. The van der Waals surface area contributed by atoms with Gasteiger partial charge in [-0.15, -0.1) is 0 Å². The summed E-state index contributed by atoms with van der Waals surface area (Å²) in [4.78, 5) is 21.3. The summed E-state index contributed by atoms with van der Waals surface area (Å²) in [6.07, 6.45) is 5.35. The van der Waals surface area contributed by atoms with Crippen molar-refractivity contribution in [1.82, 2.24) is 9.97 Å². The van der Waals surface area contributed by atoms with Crippen LogP contribution in [-0.2, 0) is 6.42 Å². The molecule has 150 valence electrons. The molecule has 6 heteroatoms. The molecule has 1 aliphatic rings. The van der Waals surface area contributed by atoms with E-state index < -0.39 is 5.82 Å². The summed E-state index contributed by atoms with van der Waals surface area (Å²) in [5, 5.41) is 6.14. The number of hydrogen-bond acceptors (Lipinski definition) is 4. The Morgan fingerprint density at radius 1 is 1.13 bits per heavy atom. The molecule has 2 heterocycles. The van der Waals surface area contributed by atoms with Crippen LogP contribution in [-0.4, -0.2) is 15.8 Å². The largest absolute Gasteiger partial charge is 0.340 e. The van der Waals surface area contributed by atoms with Gasteiger partial charge in [0.05, 0.1) is 10.5 Å². The highest BCUT2D eigenvalue weighted by atomic mass is 35.5. The number of nitrogens with one attached hydrogen (secondary N) is 1. The number of hydrogen-bond donors (Lipinski definition) is 1. The summed E-state index contributed by atoms with van der Waals surface area (Å²) in [5.74, 6) is 0.853. The van der Waals surface area contributed by atoms with Crippen LogP contribution in [0.15, 0.2) is 48.7 Å². The van der Waals surface area contributed by atoms with E-state index in [1.54, 1.807) is 12.1 Å². The predicted octanol–water partition coefficient (Wildman–Crippen LogP) is 6.47. The highest BCUT2D eigenvalue weighted by Crippen LogP contribution is 2.35. The zero-order valence-corrected chi connectivity index (χ0v) is 17.1. The van der Waals surface area contributed by atoms with Crippen LogP contribution < -0.4 is 5.32 Å². The zero-order valence-electron chi connectivity index (χ0n) is 16.4. The monoisotopic (exact) mass is 419 g/mol. The van der Waals surface area contributed by atoms with Gasteiger partial charge in [-0.3, -0.25) is 9.78 Å². The summed E-state index contributed by atoms with van der Waals surface area (Å²) >= 11 is 5.96. The van der Waals surface area contributed by atoms with Crippen LogP contribution in [0.4, 0.5) is 15.9 Å². The van der Waals surface area contributed by atoms with E-state index in [-0.39, 0.29) is 10.8 Å². The number of carbonyl (C=O) groups excluding carboxylic acids is 1. The summed E-state index contributed by atoms with van der Waals surface area (Å²) in [6, 6.07) is 12.1. The predicted molar refractivity (Wildman–Crippen MR) is 118 cm³/mol. The van der Waals surface area contributed by atoms with Crippen molar-refractivity contribution in [2.75, 3.05) is 5.32 Å². The Morgan fingerprint density at radius 2 is 1.97 bits per heavy atom. The molecular weight excluding hydrogens is 401 g/mol. The molecule has 0 radical (unpaired) electrons. The van der Waals surface area contributed by atoms with Gasteiger partial charge < -0.3 is 5.32 Å². The SMILES string of the molecule is CC(=O)c1ccc2c(c1)nc(Nc1ccc(F)c(Cl)c1)c1cc(CC3CC3)ncc12. The van der Waals surface area contributed by atoms with Gasteiger partial charge in [0.25, 0.3) is 0 Å². The number of halogens is 2. The number of anilines is 2. The molecule has 1 N–H and O–H groups in total. The molecule has 0 bridgehead atoms. The van der Waals surface area contributed by atoms with Crippen molar-refractivity contribution in [2.45, 2.75) is 26.2 Å². The Hall–Kier alpha value is -3.05. The van der Waals surface area contributed by atoms with Gasteiger partial charge >= 0.3 is 0 Å². The molecule has 0 spiro atoms. The Labute approximate surface area is 178 Å². The average molecular weight is 420 g/mol. The number of carbonyl (C=O) groups is 1. The molecule has 0 atom stereocenters. The van der Waals surface area contributed by atoms with E-state index in [0.717, 1.165) is 28.3 Å². The lowest BCUT2D eigenvalue weighted by Gasteiger charge is -2.13. The number of aromatic nitrogens is 2. The molecule has 0 saturated heterocycles. The van der Waals surface area contributed by atoms with E-state index in [4.69, 9.17) is 16.6 Å². The number of fused-ring (bicyclic) bond motifs is 3. The van der Waals surface area contributed by atoms with E-state index in [1.165, 1.54) is 31.9 Å². The number of benzene rings is 2. The first-order valence-electron chi connectivity index (χ1n) is 9.93. The van der Waals surface area contributed by atoms with E-state index in [1.807, 2.05) is 18.3 Å². The lowest BCUT2D eigenvalue weighted by Crippen LogP contribution is -2.00. The molecule has 0 unspecified atom stereocenters. The molecule has 2 aromatic carbocycles. The van der Waals surface area contributed by atoms with Gasteiger partial charge in [-0.2, -0.15) is 0 Å². The molecule has 0 amide bonds. The number of rotatable bonds is 5. The van der Waals surface area contributed by atoms with Crippen molar-refractivity contribution in [1.29, 1.82) is 0 Å². The molecular formula is C24H19ClFN3O. The van der Waals surface area contributed by atoms with Crippen LogP contribution in [0, 0.1) is 11.7 Å². The van der Waals surface area contributed by atoms with Crippen LogP contribution >= 0.6 is 11.6 Å². The minimum Gasteiger partial charge on any atom is -0.340 e. The van der Waals surface area contributed by atoms with Crippen molar-refractivity contribution in [2.24, 2.45) is 5.92 Å². The van der Waals surface area contributed by atoms with Gasteiger partial charge in [-0.25, -0.2) is 9.37 Å². The first kappa shape index (κ1) is 18.9. The number of pyridine rings is 2. The second-order valence-corrected chi connectivity index (χ2v) is 8.28. The molecule has 5 rings (SSSR count). The highest BCUT2D eigenvalue weighted by Gasteiger charge is 2.22. The average Bonchev–Trinajstić information content (AvgIpc) is 3.54. The number of Topliss-reactive ketones (excluding diaryl/α,β-unsaturated/α-hetero) is 1. The summed E-state index contributed by atoms with van der Waals surface area (Å²) in [7, 11) is 0. The van der Waals surface area contributed by atoms with Crippen molar-refractivity contribution in [3.63, 3.8) is 0 Å². The van der Waals surface area contributed by atoms with Crippen LogP contribution in [0.5, 0.6) is 0 Å². The lowest BCUT2D eigenvalue weighted by atomic mass is 10.0. The fourth-order valence-corrected chi connectivity index (χ4v) is 3.88. The molecule has 2 aromatic heterocycles. The first-order valence-corrected chi connectivity index (χ1v) is 10.3. The van der Waals surface area contributed by atoms with Crippen molar-refractivity contribution in [3.05, 3.63) is 70.8 Å². The minimum atomic E-state index is -0.472. The smallest absolute Gasteiger partial charge is 0.159 e. The quantitative estimate of drug-likeness (QED) is 0.297. The van der Waals surface area contributed by atoms with Gasteiger partial charge in [0.15, 0.2) is 5.78 Å². The third-order valence-corrected chi connectivity index (χ3v) is 5.81. The Bertz CT molecular complexity index is 1320. The number of ketones is 1. The molecule has 0 aliphatic heterocycles. The van der Waals surface area contributed by atoms with Crippen molar-refractivity contribution in [3.8, 4) is 0 Å². The third-order valence-electron chi connectivity index (χ3n) is 5.52. The fraction of sp³-hybridized carbons (Fsp3) is 0.208. The fourth-order valence-electron chi connectivity index (χ4n) is 3.70. The Balaban J connectivity index is 1.70. The third kappa shape index (κ3) is 3.61. The number of nitrogens with zero attached hydrogens (tertiary/aromatic N) is 2. The van der Waals surface area contributed by atoms with Crippen LogP contribution in [0.25, 0.3) is 21.7 Å². The molecule has 1 aliphatic carbocycles. The first-order chi connectivity index (χ1) is 14.5. The lowest BCUT2D eigenvalue weighted by molar-refractivity contribution is 0.101. The standard InChI is InChI=1S/C24H19ClFN3O/c1-13(30)15-4-6-18-20-12-27-17(8-14-2-3-14)10-19(20)24(29-23(18)9-15)28-16-5-7-22(26)21(25)11-16/h4-7,9-12,14H,2-3,8H2,1H3,(H,28,29). The van der Waals surface area contributed by atoms with Crippen molar-refractivity contribution >= 4 is 50.6 Å². The summed E-state index contributed by atoms with van der Waals surface area (Å²) < 4.78 is 13.6. The van der Waals surface area contributed by atoms with Crippen molar-refractivity contribution < 1.29 is 9.18 Å². The Kier molecular flexibility index (Phi) is 4.63. The van der Waals surface area contributed by atoms with Gasteiger partial charge in [0.2, 0.25) is 0 Å². The minimum absolute atomic E-state index is 0.0171. The molecule has 1 fully saturated rings. The maximum absolute atomic E-state index is 13.6. The molecule has 4 aromatic rings. The van der Waals surface area contributed by atoms with E-state index in [2.05, 4.69) is 16.4 Å². The zero-order chi connectivity index (χ0) is 20.8. The topological polar surface area (TPSA) is 54.9 Å². The van der Waals surface area contributed by atoms with E-state index in [9.17, 15) is 9.18 Å². The van der Waals surface area contributed by atoms with Crippen LogP contribution in [0.2, 0.25) is 5.02 Å².